The topological polar surface area (TPSA) is 61.8 Å². The van der Waals surface area contributed by atoms with Gasteiger partial charge in [-0.05, 0) is 6.07 Å². The first-order chi connectivity index (χ1) is 7.67. The van der Waals surface area contributed by atoms with Crippen molar-refractivity contribution < 1.29 is 23.8 Å². The second-order valence-electron chi connectivity index (χ2n) is 2.92. The fraction of sp³-hybridized carbons (Fsp3) is 0.273. The van der Waals surface area contributed by atoms with Crippen LogP contribution in [0.1, 0.15) is 5.56 Å². The molecule has 0 aliphatic heterocycles. The lowest BCUT2D eigenvalue weighted by atomic mass is 10.1. The Morgan fingerprint density at radius 2 is 1.81 bits per heavy atom. The third-order valence-corrected chi connectivity index (χ3v) is 1.90. The van der Waals surface area contributed by atoms with E-state index in [0.29, 0.717) is 11.3 Å². The van der Waals surface area contributed by atoms with Crippen LogP contribution < -0.4 is 4.74 Å². The monoisotopic (exact) mass is 224 g/mol. The van der Waals surface area contributed by atoms with Gasteiger partial charge in [0.25, 0.3) is 0 Å². The lowest BCUT2D eigenvalue weighted by Gasteiger charge is -2.07. The molecule has 0 aromatic heterocycles. The predicted molar refractivity (Wildman–Crippen MR) is 55.2 cm³/mol. The van der Waals surface area contributed by atoms with Crippen molar-refractivity contribution in [3.8, 4) is 5.75 Å². The van der Waals surface area contributed by atoms with Gasteiger partial charge in [-0.25, -0.2) is 4.79 Å². The van der Waals surface area contributed by atoms with Gasteiger partial charge in [0.15, 0.2) is 0 Å². The predicted octanol–water partition coefficient (Wildman–Crippen LogP) is 1.55. The smallest absolute Gasteiger partial charge is 0.469 e. The minimum absolute atomic E-state index is 0.0453. The molecule has 5 heteroatoms. The number of carbonyl (C=O) groups is 2. The van der Waals surface area contributed by atoms with Crippen molar-refractivity contribution in [3.63, 3.8) is 0 Å². The number of carbonyl (C=O) groups excluding carboxylic acids is 2. The normalized spacial score (nSPS) is 9.38. The summed E-state index contributed by atoms with van der Waals surface area (Å²) in [5, 5.41) is 0. The Morgan fingerprint density at radius 1 is 1.12 bits per heavy atom. The van der Waals surface area contributed by atoms with Gasteiger partial charge in [-0.15, -0.1) is 0 Å². The van der Waals surface area contributed by atoms with Crippen molar-refractivity contribution >= 4 is 12.1 Å². The molecule has 1 aromatic rings. The fourth-order valence-electron chi connectivity index (χ4n) is 1.11. The average Bonchev–Trinajstić information content (AvgIpc) is 2.31. The second-order valence-corrected chi connectivity index (χ2v) is 2.92. The Balaban J connectivity index is 2.83. The van der Waals surface area contributed by atoms with Crippen LogP contribution in [0.3, 0.4) is 0 Å². The van der Waals surface area contributed by atoms with E-state index in [9.17, 15) is 9.59 Å². The molecule has 1 rings (SSSR count). The lowest BCUT2D eigenvalue weighted by molar-refractivity contribution is -0.139. The van der Waals surface area contributed by atoms with Gasteiger partial charge in [0.05, 0.1) is 20.6 Å². The van der Waals surface area contributed by atoms with E-state index in [0.717, 1.165) is 0 Å². The van der Waals surface area contributed by atoms with E-state index >= 15 is 0 Å². The molecule has 0 radical (unpaired) electrons. The summed E-state index contributed by atoms with van der Waals surface area (Å²) >= 11 is 0. The van der Waals surface area contributed by atoms with Crippen molar-refractivity contribution in [1.82, 2.24) is 0 Å². The third kappa shape index (κ3) is 3.27. The highest BCUT2D eigenvalue weighted by Gasteiger charge is 2.11. The largest absolute Gasteiger partial charge is 0.513 e. The van der Waals surface area contributed by atoms with Crippen molar-refractivity contribution in [2.24, 2.45) is 0 Å². The maximum Gasteiger partial charge on any atom is 0.513 e. The van der Waals surface area contributed by atoms with Gasteiger partial charge >= 0.3 is 12.1 Å². The van der Waals surface area contributed by atoms with E-state index in [4.69, 9.17) is 4.74 Å². The SMILES string of the molecule is COC(=O)Cc1ccccc1OC(=O)OC. The second kappa shape index (κ2) is 5.75. The Bertz CT molecular complexity index is 349. The number of rotatable bonds is 3. The molecule has 1 aromatic carbocycles. The van der Waals surface area contributed by atoms with Gasteiger partial charge in [-0.1, -0.05) is 18.2 Å². The molecule has 0 saturated carbocycles. The molecule has 0 saturated heterocycles. The molecule has 0 heterocycles. The van der Waals surface area contributed by atoms with Crippen LogP contribution in [-0.2, 0) is 20.7 Å². The van der Waals surface area contributed by atoms with Crippen LogP contribution in [0.4, 0.5) is 4.79 Å². The number of methoxy groups -OCH3 is 2. The molecule has 0 atom stereocenters. The fourth-order valence-corrected chi connectivity index (χ4v) is 1.11. The molecule has 86 valence electrons. The molecule has 0 amide bonds. The average molecular weight is 224 g/mol. The molecule has 5 nitrogen and oxygen atoms in total. The highest BCUT2D eigenvalue weighted by molar-refractivity contribution is 5.74. The standard InChI is InChI=1S/C11H12O5/c1-14-10(12)7-8-5-3-4-6-9(8)16-11(13)15-2/h3-6H,7H2,1-2H3. The van der Waals surface area contributed by atoms with E-state index in [1.807, 2.05) is 0 Å². The first kappa shape index (κ1) is 12.0. The van der Waals surface area contributed by atoms with Crippen LogP contribution in [-0.4, -0.2) is 26.3 Å². The molecule has 0 N–H and O–H groups in total. The Morgan fingerprint density at radius 3 is 2.44 bits per heavy atom. The molecule has 0 fully saturated rings. The maximum atomic E-state index is 11.1. The van der Waals surface area contributed by atoms with E-state index in [2.05, 4.69) is 9.47 Å². The van der Waals surface area contributed by atoms with E-state index in [1.165, 1.54) is 14.2 Å². The quantitative estimate of drug-likeness (QED) is 0.575. The number of hydrogen-bond donors (Lipinski definition) is 0. The molecule has 0 aliphatic rings. The van der Waals surface area contributed by atoms with Gasteiger partial charge in [-0.2, -0.15) is 0 Å². The van der Waals surface area contributed by atoms with Crippen LogP contribution in [0.25, 0.3) is 0 Å². The number of ether oxygens (including phenoxy) is 3. The van der Waals surface area contributed by atoms with Crippen molar-refractivity contribution in [3.05, 3.63) is 29.8 Å². The first-order valence-corrected chi connectivity index (χ1v) is 4.58. The highest BCUT2D eigenvalue weighted by Crippen LogP contribution is 2.19. The zero-order valence-electron chi connectivity index (χ0n) is 9.06. The van der Waals surface area contributed by atoms with E-state index < -0.39 is 12.1 Å². The number of benzene rings is 1. The third-order valence-electron chi connectivity index (χ3n) is 1.90. The molecular formula is C11H12O5. The summed E-state index contributed by atoms with van der Waals surface area (Å²) in [4.78, 5) is 22.0. The molecule has 0 bridgehead atoms. The zero-order chi connectivity index (χ0) is 12.0. The summed E-state index contributed by atoms with van der Waals surface area (Å²) in [6.45, 7) is 0. The minimum atomic E-state index is -0.822. The highest BCUT2D eigenvalue weighted by atomic mass is 16.7. The van der Waals surface area contributed by atoms with Crippen LogP contribution in [0.5, 0.6) is 5.75 Å². The lowest BCUT2D eigenvalue weighted by Crippen LogP contribution is -2.11. The summed E-state index contributed by atoms with van der Waals surface area (Å²) in [6.07, 6.45) is -0.777. The van der Waals surface area contributed by atoms with Crippen molar-refractivity contribution in [2.45, 2.75) is 6.42 Å². The molecule has 0 unspecified atom stereocenters. The van der Waals surface area contributed by atoms with Gasteiger partial charge < -0.3 is 14.2 Å². The Labute approximate surface area is 92.9 Å². The van der Waals surface area contributed by atoms with Crippen LogP contribution in [0.15, 0.2) is 24.3 Å². The maximum absolute atomic E-state index is 11.1. The first-order valence-electron chi connectivity index (χ1n) is 4.58. The van der Waals surface area contributed by atoms with Crippen molar-refractivity contribution in [2.75, 3.05) is 14.2 Å². The van der Waals surface area contributed by atoms with Crippen LogP contribution in [0.2, 0.25) is 0 Å². The summed E-state index contributed by atoms with van der Waals surface area (Å²) in [5.74, 6) is -0.110. The number of esters is 1. The van der Waals surface area contributed by atoms with Gasteiger partial charge in [0.2, 0.25) is 0 Å². The van der Waals surface area contributed by atoms with Crippen LogP contribution >= 0.6 is 0 Å². The Hall–Kier alpha value is -2.04. The van der Waals surface area contributed by atoms with Gasteiger partial charge in [-0.3, -0.25) is 4.79 Å². The summed E-state index contributed by atoms with van der Waals surface area (Å²) in [7, 11) is 2.51. The number of para-hydroxylation sites is 1. The molecule has 0 aliphatic carbocycles. The van der Waals surface area contributed by atoms with Gasteiger partial charge in [0, 0.05) is 5.56 Å². The van der Waals surface area contributed by atoms with E-state index in [1.54, 1.807) is 24.3 Å². The molecule has 0 spiro atoms. The Kier molecular flexibility index (Phi) is 4.32. The summed E-state index contributed by atoms with van der Waals surface area (Å²) in [6, 6.07) is 6.69. The van der Waals surface area contributed by atoms with Crippen LogP contribution in [0, 0.1) is 0 Å². The molecular weight excluding hydrogens is 212 g/mol. The molecule has 16 heavy (non-hydrogen) atoms. The van der Waals surface area contributed by atoms with Crippen molar-refractivity contribution in [1.29, 1.82) is 0 Å². The number of hydrogen-bond acceptors (Lipinski definition) is 5. The zero-order valence-corrected chi connectivity index (χ0v) is 9.06. The summed E-state index contributed by atoms with van der Waals surface area (Å²) in [5.41, 5.74) is 0.569. The summed E-state index contributed by atoms with van der Waals surface area (Å²) < 4.78 is 13.8. The minimum Gasteiger partial charge on any atom is -0.469 e. The van der Waals surface area contributed by atoms with E-state index in [-0.39, 0.29) is 6.42 Å². The van der Waals surface area contributed by atoms with Gasteiger partial charge in [0.1, 0.15) is 5.75 Å².